The fourth-order valence-corrected chi connectivity index (χ4v) is 4.75. The van der Waals surface area contributed by atoms with Crippen LogP contribution in [0.2, 0.25) is 0 Å². The van der Waals surface area contributed by atoms with Crippen molar-refractivity contribution in [3.63, 3.8) is 0 Å². The molecule has 2 heterocycles. The zero-order valence-electron chi connectivity index (χ0n) is 14.9. The van der Waals surface area contributed by atoms with Crippen LogP contribution < -0.4 is 5.32 Å². The maximum atomic E-state index is 12.7. The Morgan fingerprint density at radius 2 is 1.89 bits per heavy atom. The second-order valence-electron chi connectivity index (χ2n) is 6.90. The van der Waals surface area contributed by atoms with Crippen molar-refractivity contribution in [2.45, 2.75) is 29.7 Å². The van der Waals surface area contributed by atoms with Crippen molar-refractivity contribution in [1.82, 2.24) is 4.90 Å². The molecule has 2 aromatic carbocycles. The summed E-state index contributed by atoms with van der Waals surface area (Å²) in [6, 6.07) is 11.1. The summed E-state index contributed by atoms with van der Waals surface area (Å²) >= 11 is 1.56. The topological polar surface area (TPSA) is 72.8 Å². The first-order valence-electron chi connectivity index (χ1n) is 9.01. The Balaban J connectivity index is 1.49. The van der Waals surface area contributed by atoms with E-state index < -0.39 is 0 Å². The number of hydrogen-bond acceptors (Lipinski definition) is 5. The normalized spacial score (nSPS) is 18.9. The maximum absolute atomic E-state index is 12.7. The van der Waals surface area contributed by atoms with E-state index in [1.807, 2.05) is 35.2 Å². The van der Waals surface area contributed by atoms with Crippen LogP contribution in [0.3, 0.4) is 0 Å². The van der Waals surface area contributed by atoms with E-state index in [2.05, 4.69) is 11.9 Å². The zero-order chi connectivity index (χ0) is 19.0. The minimum absolute atomic E-state index is 0.0189. The van der Waals surface area contributed by atoms with Gasteiger partial charge in [-0.1, -0.05) is 36.0 Å². The molecule has 0 bridgehead atoms. The number of nitrogens with zero attached hydrogens (tertiary/aromatic N) is 1. The summed E-state index contributed by atoms with van der Waals surface area (Å²) in [6.07, 6.45) is 1.76. The van der Waals surface area contributed by atoms with Crippen LogP contribution in [0.4, 0.5) is 5.69 Å². The quantitative estimate of drug-likeness (QED) is 0.555. The third kappa shape index (κ3) is 3.42. The Bertz CT molecular complexity index is 885. The molecule has 1 atom stereocenters. The number of aliphatic hydroxyl groups excluding tert-OH is 1. The number of fused-ring (bicyclic) bond motifs is 1. The molecule has 6 heteroatoms. The molecule has 1 saturated heterocycles. The van der Waals surface area contributed by atoms with Gasteiger partial charge in [0.2, 0.25) is 0 Å². The van der Waals surface area contributed by atoms with Crippen LogP contribution in [-0.2, 0) is 6.61 Å². The monoisotopic (exact) mass is 382 g/mol. The number of benzene rings is 2. The average molecular weight is 382 g/mol. The van der Waals surface area contributed by atoms with E-state index in [-0.39, 0.29) is 23.6 Å². The molecule has 1 fully saturated rings. The Morgan fingerprint density at radius 3 is 2.56 bits per heavy atom. The lowest BCUT2D eigenvalue weighted by Gasteiger charge is -2.28. The van der Waals surface area contributed by atoms with Crippen molar-refractivity contribution < 1.29 is 15.0 Å². The predicted octanol–water partition coefficient (Wildman–Crippen LogP) is 3.89. The van der Waals surface area contributed by atoms with Gasteiger partial charge in [-0.25, -0.2) is 0 Å². The summed E-state index contributed by atoms with van der Waals surface area (Å²) < 4.78 is 0. The number of likely N-dealkylation sites (tertiary alicyclic amines) is 1. The van der Waals surface area contributed by atoms with Crippen LogP contribution in [0.25, 0.3) is 0 Å². The molecule has 1 amide bonds. The third-order valence-corrected chi connectivity index (χ3v) is 6.46. The molecular formula is C21H22N2O3S. The number of amides is 1. The average Bonchev–Trinajstić information content (AvgIpc) is 3.12. The smallest absolute Gasteiger partial charge is 0.253 e. The molecule has 140 valence electrons. The van der Waals surface area contributed by atoms with Gasteiger partial charge >= 0.3 is 0 Å². The van der Waals surface area contributed by atoms with Crippen LogP contribution in [0.15, 0.2) is 53.4 Å². The molecule has 0 aliphatic carbocycles. The van der Waals surface area contributed by atoms with Crippen molar-refractivity contribution in [3.8, 4) is 5.75 Å². The molecule has 5 nitrogen and oxygen atoms in total. The highest BCUT2D eigenvalue weighted by molar-refractivity contribution is 8.00. The fourth-order valence-electron chi connectivity index (χ4n) is 3.47. The van der Waals surface area contributed by atoms with Crippen molar-refractivity contribution in [1.29, 1.82) is 0 Å². The molecule has 0 aromatic heterocycles. The Morgan fingerprint density at radius 1 is 1.19 bits per heavy atom. The summed E-state index contributed by atoms with van der Waals surface area (Å²) in [5.41, 5.74) is 4.40. The third-order valence-electron chi connectivity index (χ3n) is 5.13. The zero-order valence-corrected chi connectivity index (χ0v) is 15.8. The lowest BCUT2D eigenvalue weighted by atomic mass is 10.0. The molecule has 0 saturated carbocycles. The van der Waals surface area contributed by atoms with Gasteiger partial charge in [-0.05, 0) is 42.7 Å². The van der Waals surface area contributed by atoms with Gasteiger partial charge in [0.25, 0.3) is 5.91 Å². The van der Waals surface area contributed by atoms with E-state index in [9.17, 15) is 15.0 Å². The van der Waals surface area contributed by atoms with Gasteiger partial charge in [0.05, 0.1) is 6.61 Å². The van der Waals surface area contributed by atoms with Crippen LogP contribution >= 0.6 is 11.8 Å². The largest absolute Gasteiger partial charge is 0.508 e. The van der Waals surface area contributed by atoms with E-state index in [0.29, 0.717) is 11.1 Å². The predicted molar refractivity (Wildman–Crippen MR) is 107 cm³/mol. The Hall–Kier alpha value is -2.44. The van der Waals surface area contributed by atoms with Gasteiger partial charge in [-0.3, -0.25) is 4.79 Å². The number of carbonyl (C=O) groups is 1. The first-order valence-corrected chi connectivity index (χ1v) is 9.89. The van der Waals surface area contributed by atoms with Gasteiger partial charge < -0.3 is 20.4 Å². The minimum Gasteiger partial charge on any atom is -0.508 e. The van der Waals surface area contributed by atoms with E-state index in [4.69, 9.17) is 0 Å². The molecule has 27 heavy (non-hydrogen) atoms. The number of thioether (sulfide) groups is 1. The van der Waals surface area contributed by atoms with E-state index >= 15 is 0 Å². The number of carbonyl (C=O) groups excluding carboxylic acids is 1. The molecule has 2 aliphatic rings. The van der Waals surface area contributed by atoms with Crippen molar-refractivity contribution in [3.05, 3.63) is 65.2 Å². The summed E-state index contributed by atoms with van der Waals surface area (Å²) in [4.78, 5) is 15.4. The van der Waals surface area contributed by atoms with Gasteiger partial charge in [0.15, 0.2) is 0 Å². The molecule has 0 spiro atoms. The number of aliphatic hydroxyl groups is 1. The van der Waals surface area contributed by atoms with Crippen LogP contribution in [0.1, 0.15) is 39.7 Å². The number of phenols is 1. The molecule has 2 aliphatic heterocycles. The Labute approximate surface area is 162 Å². The number of nitrogens with one attached hydrogen (secondary N) is 1. The number of hydrogen-bond donors (Lipinski definition) is 3. The van der Waals surface area contributed by atoms with Gasteiger partial charge in [0.1, 0.15) is 11.1 Å². The highest BCUT2D eigenvalue weighted by Gasteiger charge is 2.27. The van der Waals surface area contributed by atoms with E-state index in [0.717, 1.165) is 42.1 Å². The van der Waals surface area contributed by atoms with E-state index in [1.54, 1.807) is 17.8 Å². The molecule has 2 aromatic rings. The minimum atomic E-state index is -0.202. The molecule has 1 unspecified atom stereocenters. The molecule has 4 rings (SSSR count). The molecule has 3 N–H and O–H groups in total. The number of rotatable bonds is 3. The number of aromatic hydroxyl groups is 1. The summed E-state index contributed by atoms with van der Waals surface area (Å²) in [6.45, 7) is 5.27. The van der Waals surface area contributed by atoms with Crippen LogP contribution in [0, 0.1) is 0 Å². The lowest BCUT2D eigenvalue weighted by Crippen LogP contribution is -2.36. The summed E-state index contributed by atoms with van der Waals surface area (Å²) in [5, 5.41) is 22.8. The van der Waals surface area contributed by atoms with Crippen LogP contribution in [0.5, 0.6) is 5.75 Å². The second-order valence-corrected chi connectivity index (χ2v) is 8.02. The van der Waals surface area contributed by atoms with Gasteiger partial charge in [-0.15, -0.1) is 0 Å². The number of anilines is 1. The first-order chi connectivity index (χ1) is 13.1. The van der Waals surface area contributed by atoms with Crippen molar-refractivity contribution >= 4 is 23.4 Å². The molecular weight excluding hydrogens is 360 g/mol. The molecule has 0 radical (unpaired) electrons. The van der Waals surface area contributed by atoms with E-state index in [1.165, 1.54) is 5.57 Å². The SMILES string of the molecule is C=C1CCN(C(=O)c2ccc(C3Nc4ccc(O)c(CO)c4S3)cc2)CC1. The first kappa shape index (κ1) is 17.9. The Kier molecular flexibility index (Phi) is 4.85. The summed E-state index contributed by atoms with van der Waals surface area (Å²) in [7, 11) is 0. The summed E-state index contributed by atoms with van der Waals surface area (Å²) in [5.74, 6) is 0.174. The highest BCUT2D eigenvalue weighted by Crippen LogP contribution is 2.50. The lowest BCUT2D eigenvalue weighted by molar-refractivity contribution is 0.0744. The van der Waals surface area contributed by atoms with Crippen molar-refractivity contribution in [2.24, 2.45) is 0 Å². The van der Waals surface area contributed by atoms with Crippen LogP contribution in [-0.4, -0.2) is 34.1 Å². The van der Waals surface area contributed by atoms with Gasteiger partial charge in [-0.2, -0.15) is 0 Å². The van der Waals surface area contributed by atoms with Gasteiger partial charge in [0, 0.05) is 34.8 Å². The van der Waals surface area contributed by atoms with Crippen molar-refractivity contribution in [2.75, 3.05) is 18.4 Å². The standard InChI is InChI=1S/C21H22N2O3S/c1-13-8-10-23(11-9-13)21(26)15-4-2-14(3-5-15)20-22-17-6-7-18(25)16(12-24)19(17)27-20/h2-7,20,22,24-25H,1,8-12H2. The maximum Gasteiger partial charge on any atom is 0.253 e. The fraction of sp³-hybridized carbons (Fsp3) is 0.286. The number of piperidine rings is 1. The highest BCUT2D eigenvalue weighted by atomic mass is 32.2. The second kappa shape index (κ2) is 7.29.